The molecule has 0 spiro atoms. The van der Waals surface area contributed by atoms with Crippen molar-refractivity contribution in [1.82, 2.24) is 14.8 Å². The molecule has 1 aromatic heterocycles. The minimum Gasteiger partial charge on any atom is -0.364 e. The molecule has 6 heteroatoms. The van der Waals surface area contributed by atoms with Gasteiger partial charge in [0.2, 0.25) is 5.91 Å². The number of piperidine rings is 1. The molecule has 126 valence electrons. The summed E-state index contributed by atoms with van der Waals surface area (Å²) in [6, 6.07) is 10.3. The Morgan fingerprint density at radius 3 is 2.96 bits per heavy atom. The number of carbonyl (C=O) groups is 1. The molecular formula is C18H21N3O2S. The van der Waals surface area contributed by atoms with Crippen molar-refractivity contribution in [3.05, 3.63) is 52.5 Å². The minimum atomic E-state index is -0.360. The van der Waals surface area contributed by atoms with Crippen LogP contribution in [-0.4, -0.2) is 53.5 Å². The first kappa shape index (κ1) is 15.7. The molecule has 0 unspecified atom stereocenters. The van der Waals surface area contributed by atoms with Crippen molar-refractivity contribution in [2.45, 2.75) is 24.6 Å². The molecule has 3 heterocycles. The SMILES string of the molecule is CN1C(=O)CO[C@@H]2CN(Cc3cncs3)CC[C@]21c1ccccc1. The fourth-order valence-electron chi connectivity index (χ4n) is 3.97. The van der Waals surface area contributed by atoms with Crippen LogP contribution in [0.3, 0.4) is 0 Å². The van der Waals surface area contributed by atoms with Gasteiger partial charge in [0, 0.05) is 37.8 Å². The van der Waals surface area contributed by atoms with Gasteiger partial charge in [-0.3, -0.25) is 14.7 Å². The van der Waals surface area contributed by atoms with Gasteiger partial charge in [0.15, 0.2) is 0 Å². The van der Waals surface area contributed by atoms with Gasteiger partial charge in [-0.2, -0.15) is 0 Å². The van der Waals surface area contributed by atoms with Crippen molar-refractivity contribution in [3.63, 3.8) is 0 Å². The van der Waals surface area contributed by atoms with E-state index in [0.717, 1.165) is 26.1 Å². The van der Waals surface area contributed by atoms with E-state index in [2.05, 4.69) is 22.0 Å². The number of benzene rings is 1. The average molecular weight is 343 g/mol. The van der Waals surface area contributed by atoms with Crippen molar-refractivity contribution >= 4 is 17.2 Å². The second-order valence-electron chi connectivity index (χ2n) is 6.50. The van der Waals surface area contributed by atoms with Crippen LogP contribution in [0.1, 0.15) is 16.9 Å². The lowest BCUT2D eigenvalue weighted by Crippen LogP contribution is -2.66. The number of aromatic nitrogens is 1. The van der Waals surface area contributed by atoms with E-state index in [9.17, 15) is 4.79 Å². The first-order chi connectivity index (χ1) is 11.7. The second-order valence-corrected chi connectivity index (χ2v) is 7.47. The summed E-state index contributed by atoms with van der Waals surface area (Å²) in [4.78, 5) is 22.1. The number of likely N-dealkylation sites (tertiary alicyclic amines) is 1. The highest BCUT2D eigenvalue weighted by Gasteiger charge is 2.52. The molecular weight excluding hydrogens is 322 g/mol. The highest BCUT2D eigenvalue weighted by atomic mass is 32.1. The molecule has 4 rings (SSSR count). The van der Waals surface area contributed by atoms with Crippen molar-refractivity contribution in [3.8, 4) is 0 Å². The number of morpholine rings is 1. The van der Waals surface area contributed by atoms with E-state index in [1.54, 1.807) is 11.3 Å². The number of carbonyl (C=O) groups excluding carboxylic acids is 1. The molecule has 2 fully saturated rings. The normalized spacial score (nSPS) is 28.0. The van der Waals surface area contributed by atoms with E-state index in [1.807, 2.05) is 41.9 Å². The zero-order chi connectivity index (χ0) is 16.6. The Morgan fingerprint density at radius 1 is 1.38 bits per heavy atom. The second kappa shape index (κ2) is 6.27. The van der Waals surface area contributed by atoms with E-state index < -0.39 is 0 Å². The predicted octanol–water partition coefficient (Wildman–Crippen LogP) is 2.10. The zero-order valence-electron chi connectivity index (χ0n) is 13.7. The number of nitrogens with zero attached hydrogens (tertiary/aromatic N) is 3. The van der Waals surface area contributed by atoms with Crippen molar-refractivity contribution in [1.29, 1.82) is 0 Å². The fraction of sp³-hybridized carbons (Fsp3) is 0.444. The standard InChI is InChI=1S/C18H21N3O2S/c1-20-17(22)12-23-16-11-21(10-15-9-19-13-24-15)8-7-18(16,20)14-5-3-2-4-6-14/h2-6,9,13,16H,7-8,10-12H2,1H3/t16-,18+/m1/s1. The quantitative estimate of drug-likeness (QED) is 0.856. The fourth-order valence-corrected chi connectivity index (χ4v) is 4.60. The largest absolute Gasteiger partial charge is 0.364 e. The van der Waals surface area contributed by atoms with E-state index in [1.165, 1.54) is 10.4 Å². The Kier molecular flexibility index (Phi) is 4.12. The Morgan fingerprint density at radius 2 is 2.21 bits per heavy atom. The summed E-state index contributed by atoms with van der Waals surface area (Å²) < 4.78 is 6.03. The molecule has 2 aromatic rings. The molecule has 24 heavy (non-hydrogen) atoms. The van der Waals surface area contributed by atoms with Gasteiger partial charge in [0.1, 0.15) is 6.61 Å². The third kappa shape index (κ3) is 2.55. The van der Waals surface area contributed by atoms with Gasteiger partial charge < -0.3 is 9.64 Å². The number of hydrogen-bond donors (Lipinski definition) is 0. The van der Waals surface area contributed by atoms with Gasteiger partial charge >= 0.3 is 0 Å². The molecule has 2 atom stereocenters. The zero-order valence-corrected chi connectivity index (χ0v) is 14.5. The predicted molar refractivity (Wildman–Crippen MR) is 92.6 cm³/mol. The van der Waals surface area contributed by atoms with E-state index in [-0.39, 0.29) is 24.2 Å². The summed E-state index contributed by atoms with van der Waals surface area (Å²) in [6.45, 7) is 2.83. The first-order valence-electron chi connectivity index (χ1n) is 8.23. The molecule has 0 saturated carbocycles. The van der Waals surface area contributed by atoms with Crippen molar-refractivity contribution in [2.24, 2.45) is 0 Å². The summed E-state index contributed by atoms with van der Waals surface area (Å²) in [7, 11) is 1.92. The molecule has 0 aliphatic carbocycles. The highest BCUT2D eigenvalue weighted by molar-refractivity contribution is 7.09. The molecule has 0 radical (unpaired) electrons. The summed E-state index contributed by atoms with van der Waals surface area (Å²) >= 11 is 1.68. The highest BCUT2D eigenvalue weighted by Crippen LogP contribution is 2.42. The summed E-state index contributed by atoms with van der Waals surface area (Å²) in [5.41, 5.74) is 2.68. The van der Waals surface area contributed by atoms with E-state index >= 15 is 0 Å². The number of rotatable bonds is 3. The van der Waals surface area contributed by atoms with Gasteiger partial charge in [-0.1, -0.05) is 30.3 Å². The van der Waals surface area contributed by atoms with Crippen LogP contribution >= 0.6 is 11.3 Å². The summed E-state index contributed by atoms with van der Waals surface area (Å²) in [5, 5.41) is 0. The molecule has 0 N–H and O–H groups in total. The molecule has 5 nitrogen and oxygen atoms in total. The topological polar surface area (TPSA) is 45.7 Å². The summed E-state index contributed by atoms with van der Waals surface area (Å²) in [5.74, 6) is 0.0611. The lowest BCUT2D eigenvalue weighted by Gasteiger charge is -2.54. The molecule has 0 bridgehead atoms. The minimum absolute atomic E-state index is 0.00993. The van der Waals surface area contributed by atoms with Crippen LogP contribution in [-0.2, 0) is 21.6 Å². The number of hydrogen-bond acceptors (Lipinski definition) is 5. The molecule has 2 aliphatic heterocycles. The molecule has 1 amide bonds. The van der Waals surface area contributed by atoms with Crippen LogP contribution < -0.4 is 0 Å². The van der Waals surface area contributed by atoms with Gasteiger partial charge in [-0.25, -0.2) is 0 Å². The number of likely N-dealkylation sites (N-methyl/N-ethyl adjacent to an activating group) is 1. The Labute approximate surface area is 145 Å². The monoisotopic (exact) mass is 343 g/mol. The Hall–Kier alpha value is -1.76. The van der Waals surface area contributed by atoms with Crippen LogP contribution in [0.5, 0.6) is 0 Å². The number of fused-ring (bicyclic) bond motifs is 1. The summed E-state index contributed by atoms with van der Waals surface area (Å²) in [6.07, 6.45) is 2.80. The van der Waals surface area contributed by atoms with E-state index in [4.69, 9.17) is 4.74 Å². The van der Waals surface area contributed by atoms with E-state index in [0.29, 0.717) is 0 Å². The third-order valence-corrected chi connectivity index (χ3v) is 6.05. The maximum absolute atomic E-state index is 12.3. The van der Waals surface area contributed by atoms with Gasteiger partial charge in [-0.05, 0) is 12.0 Å². The van der Waals surface area contributed by atoms with Gasteiger partial charge in [0.05, 0.1) is 17.2 Å². The maximum atomic E-state index is 12.3. The molecule has 1 aromatic carbocycles. The van der Waals surface area contributed by atoms with Crippen LogP contribution in [0.15, 0.2) is 42.0 Å². The van der Waals surface area contributed by atoms with Crippen LogP contribution in [0, 0.1) is 0 Å². The number of amides is 1. The number of thiazole rings is 1. The Bertz CT molecular complexity index is 706. The number of ether oxygens (including phenoxy) is 1. The Balaban J connectivity index is 1.63. The molecule has 2 saturated heterocycles. The maximum Gasteiger partial charge on any atom is 0.249 e. The van der Waals surface area contributed by atoms with Gasteiger partial charge in [-0.15, -0.1) is 11.3 Å². The lowest BCUT2D eigenvalue weighted by atomic mass is 9.76. The third-order valence-electron chi connectivity index (χ3n) is 5.28. The molecule has 2 aliphatic rings. The van der Waals surface area contributed by atoms with Crippen LogP contribution in [0.4, 0.5) is 0 Å². The van der Waals surface area contributed by atoms with Crippen molar-refractivity contribution < 1.29 is 9.53 Å². The van der Waals surface area contributed by atoms with Crippen LogP contribution in [0.25, 0.3) is 0 Å². The first-order valence-corrected chi connectivity index (χ1v) is 9.11. The smallest absolute Gasteiger partial charge is 0.249 e. The van der Waals surface area contributed by atoms with Crippen LogP contribution in [0.2, 0.25) is 0 Å². The van der Waals surface area contributed by atoms with Crippen molar-refractivity contribution in [2.75, 3.05) is 26.7 Å². The lowest BCUT2D eigenvalue weighted by molar-refractivity contribution is -0.183. The average Bonchev–Trinajstić information content (AvgIpc) is 3.12. The van der Waals surface area contributed by atoms with Gasteiger partial charge in [0.25, 0.3) is 0 Å².